The first-order valence-electron chi connectivity index (χ1n) is 19.1. The topological polar surface area (TPSA) is 66.4 Å². The number of anilines is 4. The third kappa shape index (κ3) is 6.14. The molecule has 55 heavy (non-hydrogen) atoms. The van der Waals surface area contributed by atoms with Gasteiger partial charge in [0.25, 0.3) is 0 Å². The number of aromatic nitrogens is 2. The minimum Gasteiger partial charge on any atom is -0.288 e. The van der Waals surface area contributed by atoms with Gasteiger partial charge in [-0.05, 0) is 105 Å². The highest BCUT2D eigenvalue weighted by molar-refractivity contribution is 6.40. The van der Waals surface area contributed by atoms with E-state index in [1.54, 1.807) is 6.08 Å². The van der Waals surface area contributed by atoms with Gasteiger partial charge in [0.15, 0.2) is 23.2 Å². The lowest BCUT2D eigenvalue weighted by Crippen LogP contribution is -2.30. The maximum atomic E-state index is 14.1. The molecule has 8 rings (SSSR count). The lowest BCUT2D eigenvalue weighted by Gasteiger charge is -2.37. The Kier molecular flexibility index (Phi) is 8.27. The van der Waals surface area contributed by atoms with E-state index in [0.717, 1.165) is 44.6 Å². The van der Waals surface area contributed by atoms with E-state index in [1.807, 2.05) is 66.7 Å². The highest BCUT2D eigenvalue weighted by atomic mass is 16.2. The van der Waals surface area contributed by atoms with Gasteiger partial charge >= 0.3 is 0 Å². The molecule has 0 spiro atoms. The second kappa shape index (κ2) is 12.6. The van der Waals surface area contributed by atoms with Gasteiger partial charge in [-0.25, -0.2) is 9.97 Å². The van der Waals surface area contributed by atoms with Crippen LogP contribution in [0.5, 0.6) is 0 Å². The summed E-state index contributed by atoms with van der Waals surface area (Å²) in [7, 11) is 0. The van der Waals surface area contributed by atoms with Crippen LogP contribution in [0, 0.1) is 6.92 Å². The summed E-state index contributed by atoms with van der Waals surface area (Å²) in [6, 6.07) is 32.5. The van der Waals surface area contributed by atoms with Crippen LogP contribution in [-0.2, 0) is 16.2 Å². The molecule has 0 N–H and O–H groups in total. The quantitative estimate of drug-likeness (QED) is 0.134. The van der Waals surface area contributed by atoms with Crippen molar-refractivity contribution in [3.8, 4) is 0 Å². The number of hydrogen-bond acceptors (Lipinski definition) is 6. The van der Waals surface area contributed by atoms with E-state index >= 15 is 0 Å². The van der Waals surface area contributed by atoms with E-state index in [-0.39, 0.29) is 33.4 Å². The summed E-state index contributed by atoms with van der Waals surface area (Å²) in [5, 5.41) is 1.86. The number of carbonyl (C=O) groups excluding carboxylic acids is 2. The van der Waals surface area contributed by atoms with Gasteiger partial charge in [0, 0.05) is 16.8 Å². The molecule has 1 aromatic heterocycles. The van der Waals surface area contributed by atoms with Gasteiger partial charge in [-0.2, -0.15) is 0 Å². The molecule has 1 aliphatic heterocycles. The number of ketones is 2. The monoisotopic (exact) mass is 724 g/mol. The van der Waals surface area contributed by atoms with Crippen molar-refractivity contribution in [2.45, 2.75) is 85.5 Å². The molecule has 0 fully saturated rings. The van der Waals surface area contributed by atoms with Crippen molar-refractivity contribution in [3.63, 3.8) is 0 Å². The number of carbonyl (C=O) groups is 2. The summed E-state index contributed by atoms with van der Waals surface area (Å²) in [5.41, 5.74) is 8.53. The van der Waals surface area contributed by atoms with E-state index in [9.17, 15) is 9.59 Å². The number of allylic oxidation sites excluding steroid dienone is 3. The molecular formula is C49H48N4O2. The van der Waals surface area contributed by atoms with Gasteiger partial charge in [0.05, 0.1) is 22.3 Å². The lowest BCUT2D eigenvalue weighted by atomic mass is 9.74. The van der Waals surface area contributed by atoms with Crippen molar-refractivity contribution in [2.24, 2.45) is 0 Å². The zero-order valence-electron chi connectivity index (χ0n) is 33.5. The van der Waals surface area contributed by atoms with E-state index < -0.39 is 0 Å². The predicted molar refractivity (Wildman–Crippen MR) is 226 cm³/mol. The van der Waals surface area contributed by atoms with Crippen molar-refractivity contribution < 1.29 is 9.59 Å². The fourth-order valence-electron chi connectivity index (χ4n) is 7.73. The van der Waals surface area contributed by atoms with Gasteiger partial charge in [-0.3, -0.25) is 19.4 Å². The minimum absolute atomic E-state index is 0.100. The average molecular weight is 725 g/mol. The van der Waals surface area contributed by atoms with E-state index in [4.69, 9.17) is 9.97 Å². The van der Waals surface area contributed by atoms with Crippen molar-refractivity contribution >= 4 is 56.4 Å². The molecule has 276 valence electrons. The number of nitrogens with zero attached hydrogens (tertiary/aromatic N) is 4. The van der Waals surface area contributed by atoms with Crippen molar-refractivity contribution in [1.29, 1.82) is 0 Å². The highest BCUT2D eigenvalue weighted by Crippen LogP contribution is 2.54. The standard InChI is InChI=1S/C49H48N4O2/c1-29-20-22-39-40(24-29)51-46-45(50-39)52(33-18-12-11-13-19-33)41(23-21-34-43(54)35-25-30-16-14-15-17-31(30)26-36(35)44(34)55)53(46)42-37(48(5,6)7)27-32(47(2,3)4)28-38(42)49(8,9)10/h11-28H,1-10H3/b41-23-. The van der Waals surface area contributed by atoms with E-state index in [2.05, 4.69) is 115 Å². The van der Waals surface area contributed by atoms with Crippen LogP contribution >= 0.6 is 0 Å². The molecule has 1 aliphatic carbocycles. The largest absolute Gasteiger partial charge is 0.288 e. The summed E-state index contributed by atoms with van der Waals surface area (Å²) >= 11 is 0. The van der Waals surface area contributed by atoms with Gasteiger partial charge < -0.3 is 0 Å². The lowest BCUT2D eigenvalue weighted by molar-refractivity contribution is 0.0988. The molecule has 0 radical (unpaired) electrons. The summed E-state index contributed by atoms with van der Waals surface area (Å²) < 4.78 is 0. The Balaban J connectivity index is 1.46. The van der Waals surface area contributed by atoms with Gasteiger partial charge in [-0.1, -0.05) is 123 Å². The molecular weight excluding hydrogens is 677 g/mol. The Bertz CT molecular complexity index is 2560. The van der Waals surface area contributed by atoms with Crippen LogP contribution in [0.4, 0.5) is 23.0 Å². The first-order chi connectivity index (χ1) is 25.9. The van der Waals surface area contributed by atoms with Gasteiger partial charge in [0.2, 0.25) is 0 Å². The van der Waals surface area contributed by atoms with Crippen molar-refractivity contribution in [2.75, 3.05) is 9.80 Å². The molecule has 2 heterocycles. The normalized spacial score (nSPS) is 15.5. The Morgan fingerprint density at radius 3 is 1.62 bits per heavy atom. The molecule has 0 unspecified atom stereocenters. The molecule has 6 aromatic rings. The maximum absolute atomic E-state index is 14.1. The van der Waals surface area contributed by atoms with Crippen LogP contribution in [0.15, 0.2) is 121 Å². The Labute approximate surface area is 324 Å². The van der Waals surface area contributed by atoms with Crippen LogP contribution in [0.2, 0.25) is 0 Å². The average Bonchev–Trinajstić information content (AvgIpc) is 3.55. The van der Waals surface area contributed by atoms with Crippen LogP contribution in [-0.4, -0.2) is 21.5 Å². The van der Waals surface area contributed by atoms with Crippen LogP contribution in [0.3, 0.4) is 0 Å². The smallest absolute Gasteiger partial charge is 0.197 e. The number of benzene rings is 5. The Morgan fingerprint density at radius 2 is 1.07 bits per heavy atom. The van der Waals surface area contributed by atoms with E-state index in [0.29, 0.717) is 22.8 Å². The number of rotatable bonds is 3. The minimum atomic E-state index is -0.275. The molecule has 0 amide bonds. The molecule has 0 saturated heterocycles. The summed E-state index contributed by atoms with van der Waals surface area (Å²) in [4.78, 5) is 43.3. The third-order valence-corrected chi connectivity index (χ3v) is 10.8. The fourth-order valence-corrected chi connectivity index (χ4v) is 7.73. The molecule has 0 saturated carbocycles. The first kappa shape index (κ1) is 36.1. The number of para-hydroxylation sites is 1. The maximum Gasteiger partial charge on any atom is 0.197 e. The number of Topliss-reactive ketones (excluding diaryl/α,β-unsaturated/α-hetero) is 2. The zero-order valence-corrected chi connectivity index (χ0v) is 33.5. The van der Waals surface area contributed by atoms with Gasteiger partial charge in [-0.15, -0.1) is 0 Å². The molecule has 6 nitrogen and oxygen atoms in total. The molecule has 2 aliphatic rings. The van der Waals surface area contributed by atoms with Crippen molar-refractivity contribution in [3.05, 3.63) is 154 Å². The third-order valence-electron chi connectivity index (χ3n) is 10.8. The van der Waals surface area contributed by atoms with E-state index in [1.165, 1.54) is 16.7 Å². The van der Waals surface area contributed by atoms with Crippen molar-refractivity contribution in [1.82, 2.24) is 9.97 Å². The van der Waals surface area contributed by atoms with Crippen LogP contribution in [0.25, 0.3) is 21.8 Å². The summed E-state index contributed by atoms with van der Waals surface area (Å²) in [5.74, 6) is 1.54. The summed E-state index contributed by atoms with van der Waals surface area (Å²) in [6.07, 6.45) is 3.62. The van der Waals surface area contributed by atoms with Gasteiger partial charge in [0.1, 0.15) is 5.82 Å². The number of aryl methyl sites for hydroxylation is 1. The molecule has 0 bridgehead atoms. The highest BCUT2D eigenvalue weighted by Gasteiger charge is 2.42. The molecule has 0 atom stereocenters. The van der Waals surface area contributed by atoms with Crippen LogP contribution in [0.1, 0.15) is 105 Å². The number of fused-ring (bicyclic) bond motifs is 4. The Hall–Kier alpha value is -5.88. The fraction of sp³-hybridized carbons (Fsp3) is 0.265. The Morgan fingerprint density at radius 1 is 0.545 bits per heavy atom. The second-order valence-electron chi connectivity index (χ2n) is 18.0. The molecule has 6 heteroatoms. The molecule has 5 aromatic carbocycles. The summed E-state index contributed by atoms with van der Waals surface area (Å²) in [6.45, 7) is 22.4. The number of hydrogen-bond donors (Lipinski definition) is 0. The zero-order chi connectivity index (χ0) is 39.2. The second-order valence-corrected chi connectivity index (χ2v) is 18.0. The van der Waals surface area contributed by atoms with Crippen LogP contribution < -0.4 is 9.80 Å². The predicted octanol–water partition coefficient (Wildman–Crippen LogP) is 12.1. The SMILES string of the molecule is Cc1ccc2nc3c(nc2c1)N(c1c(C(C)(C)C)cc(C(C)(C)C)cc1C(C)(C)C)/C(=C\C=C1C(=O)c2cc4ccccc4cc2C1=O)N3c1ccccc1. The first-order valence-corrected chi connectivity index (χ1v) is 19.1.